The minimum atomic E-state index is -0.666. The number of piperidine rings is 5. The number of halogens is 4. The molecule has 6 fully saturated rings. The molecule has 2 unspecified atom stereocenters. The molecule has 0 aromatic heterocycles. The van der Waals surface area contributed by atoms with Gasteiger partial charge in [0.2, 0.25) is 11.8 Å². The predicted octanol–water partition coefficient (Wildman–Crippen LogP) is 12.2. The zero-order valence-electron chi connectivity index (χ0n) is 56.4. The number of hydrogen-bond donors (Lipinski definition) is 2. The van der Waals surface area contributed by atoms with Crippen LogP contribution in [0.2, 0.25) is 0 Å². The lowest BCUT2D eigenvalue weighted by Crippen LogP contribution is -2.49. The van der Waals surface area contributed by atoms with Crippen LogP contribution in [0.25, 0.3) is 12.2 Å². The lowest BCUT2D eigenvalue weighted by Gasteiger charge is -2.42. The minimum Gasteiger partial charge on any atom is -0.445 e. The summed E-state index contributed by atoms with van der Waals surface area (Å²) in [4.78, 5) is 51.9. The van der Waals surface area contributed by atoms with Crippen LogP contribution in [0.4, 0.5) is 39.4 Å². The van der Waals surface area contributed by atoms with Crippen molar-refractivity contribution in [3.8, 4) is 0 Å². The molecule has 514 valence electrons. The third kappa shape index (κ3) is 16.6. The van der Waals surface area contributed by atoms with E-state index in [9.17, 15) is 37.1 Å². The van der Waals surface area contributed by atoms with Crippen molar-refractivity contribution in [2.45, 2.75) is 99.3 Å². The Labute approximate surface area is 569 Å². The molecule has 15 rings (SSSR count). The number of carbonyl (C=O) groups excluding carboxylic acids is 3. The van der Waals surface area contributed by atoms with Gasteiger partial charge in [-0.1, -0.05) is 84.9 Å². The Morgan fingerprint density at radius 3 is 1.38 bits per heavy atom. The molecular weight excluding hydrogens is 1230 g/mol. The number of likely N-dealkylation sites (tertiary alicyclic amines) is 4. The van der Waals surface area contributed by atoms with Crippen LogP contribution in [0, 0.1) is 35.1 Å². The van der Waals surface area contributed by atoms with Gasteiger partial charge in [-0.2, -0.15) is 0 Å². The second-order valence-corrected chi connectivity index (χ2v) is 28.4. The molecular formula is C79H94F4N8O6. The number of benzene rings is 6. The molecule has 9 aliphatic rings. The number of ether oxygens (including phenoxy) is 2. The molecule has 2 atom stereocenters. The Bertz CT molecular complexity index is 3700. The Balaban J connectivity index is 0.000000129. The highest BCUT2D eigenvalue weighted by Gasteiger charge is 2.46. The number of amides is 3. The van der Waals surface area contributed by atoms with E-state index in [2.05, 4.69) is 119 Å². The number of likely N-dealkylation sites (N-methyl/N-ethyl adjacent to an activating group) is 3. The number of nitrogens with one attached hydrogen (secondary N) is 1. The lowest BCUT2D eigenvalue weighted by molar-refractivity contribution is -0.128. The molecule has 0 bridgehead atoms. The molecule has 18 heteroatoms. The average Bonchev–Trinajstić information content (AvgIpc) is 1.61. The number of nitrogens with zero attached hydrogens (tertiary/aromatic N) is 7. The Morgan fingerprint density at radius 2 is 0.938 bits per heavy atom. The van der Waals surface area contributed by atoms with E-state index in [4.69, 9.17) is 9.47 Å². The van der Waals surface area contributed by atoms with E-state index in [0.717, 1.165) is 115 Å². The van der Waals surface area contributed by atoms with Crippen molar-refractivity contribution in [3.63, 3.8) is 0 Å². The molecule has 0 saturated carbocycles. The van der Waals surface area contributed by atoms with Crippen LogP contribution in [0.5, 0.6) is 0 Å². The predicted molar refractivity (Wildman–Crippen MR) is 375 cm³/mol. The van der Waals surface area contributed by atoms with Crippen LogP contribution in [-0.2, 0) is 41.9 Å². The fourth-order valence-electron chi connectivity index (χ4n) is 16.5. The van der Waals surface area contributed by atoms with E-state index in [1.165, 1.54) is 109 Å². The third-order valence-corrected chi connectivity index (χ3v) is 22.0. The molecule has 6 aromatic rings. The van der Waals surface area contributed by atoms with Crippen LogP contribution >= 0.6 is 0 Å². The average molecular weight is 1330 g/mol. The van der Waals surface area contributed by atoms with E-state index in [-0.39, 0.29) is 34.7 Å². The van der Waals surface area contributed by atoms with E-state index in [1.54, 1.807) is 15.4 Å². The second-order valence-electron chi connectivity index (χ2n) is 28.4. The zero-order chi connectivity index (χ0) is 67.7. The Morgan fingerprint density at radius 1 is 0.536 bits per heavy atom. The van der Waals surface area contributed by atoms with Crippen molar-refractivity contribution in [3.05, 3.63) is 208 Å². The maximum absolute atomic E-state index is 13.3. The van der Waals surface area contributed by atoms with Gasteiger partial charge in [0.15, 0.2) is 0 Å². The Kier molecular flexibility index (Phi) is 21.9. The van der Waals surface area contributed by atoms with Crippen LogP contribution in [0.3, 0.4) is 0 Å². The van der Waals surface area contributed by atoms with Crippen molar-refractivity contribution in [1.29, 1.82) is 0 Å². The van der Waals surface area contributed by atoms with Gasteiger partial charge in [0, 0.05) is 144 Å². The third-order valence-electron chi connectivity index (χ3n) is 22.0. The van der Waals surface area contributed by atoms with E-state index in [1.807, 2.05) is 35.2 Å². The summed E-state index contributed by atoms with van der Waals surface area (Å²) in [5.41, 5.74) is 11.2. The highest BCUT2D eigenvalue weighted by molar-refractivity contribution is 5.92. The summed E-state index contributed by atoms with van der Waals surface area (Å²) in [5.74, 6) is -2.17. The van der Waals surface area contributed by atoms with Crippen LogP contribution in [0.15, 0.2) is 152 Å². The molecule has 0 radical (unpaired) electrons. The fraction of sp³-hybridized carbons (Fsp3) is 0.456. The van der Waals surface area contributed by atoms with E-state index in [0.29, 0.717) is 67.9 Å². The number of epoxide rings is 1. The van der Waals surface area contributed by atoms with Crippen LogP contribution < -0.4 is 20.0 Å². The van der Waals surface area contributed by atoms with Gasteiger partial charge in [0.05, 0.1) is 18.8 Å². The molecule has 6 aromatic carbocycles. The summed E-state index contributed by atoms with van der Waals surface area (Å²) < 4.78 is 63.6. The largest absolute Gasteiger partial charge is 0.445 e. The van der Waals surface area contributed by atoms with Gasteiger partial charge in [0.1, 0.15) is 29.9 Å². The number of hydrogen-bond acceptors (Lipinski definition) is 11. The smallest absolute Gasteiger partial charge is 0.410 e. The van der Waals surface area contributed by atoms with Gasteiger partial charge in [-0.05, 0) is 190 Å². The first-order chi connectivity index (χ1) is 46.9. The first kappa shape index (κ1) is 68.9. The maximum Gasteiger partial charge on any atom is 0.410 e. The normalized spacial score (nSPS) is 21.1. The van der Waals surface area contributed by atoms with Crippen molar-refractivity contribution >= 4 is 47.1 Å². The molecule has 3 spiro atoms. The van der Waals surface area contributed by atoms with Gasteiger partial charge in [-0.25, -0.2) is 22.4 Å². The van der Waals surface area contributed by atoms with Gasteiger partial charge in [-0.3, -0.25) is 9.59 Å². The Hall–Kier alpha value is -8.03. The van der Waals surface area contributed by atoms with Gasteiger partial charge in [-0.15, -0.1) is 0 Å². The molecule has 97 heavy (non-hydrogen) atoms. The summed E-state index contributed by atoms with van der Waals surface area (Å²) in [6, 6.07) is 42.6. The van der Waals surface area contributed by atoms with E-state index >= 15 is 0 Å². The summed E-state index contributed by atoms with van der Waals surface area (Å²) in [6.45, 7) is 13.6. The monoisotopic (exact) mass is 1330 g/mol. The topological polar surface area (TPSA) is 128 Å². The molecule has 3 amide bonds. The van der Waals surface area contributed by atoms with Crippen molar-refractivity contribution in [2.75, 3.05) is 134 Å². The van der Waals surface area contributed by atoms with Gasteiger partial charge >= 0.3 is 6.09 Å². The first-order valence-electron chi connectivity index (χ1n) is 34.9. The number of β-amino-alcohol motifs (C(OH)–C–C–N with tert-alkyl or cyclic N) is 1. The number of aliphatic hydroxyl groups excluding tert-OH is 1. The number of para-hydroxylation sites is 3. The number of rotatable bonds is 10. The van der Waals surface area contributed by atoms with Crippen molar-refractivity contribution in [1.82, 2.24) is 24.9 Å². The summed E-state index contributed by atoms with van der Waals surface area (Å²) in [6.07, 6.45) is 15.6. The van der Waals surface area contributed by atoms with Gasteiger partial charge < -0.3 is 54.2 Å². The quantitative estimate of drug-likeness (QED) is 0.0773. The lowest BCUT2D eigenvalue weighted by atomic mass is 9.74. The highest BCUT2D eigenvalue weighted by atomic mass is 19.1. The SMILES string of the molecule is CN1CC2(CCN(C(=O)OCc3ccccc3)CC2)c2ccccc21.CN1CC2(CCN(CC(O)C3CCN(C(=O)/C=C/c4cc(F)cc(F)c4)CC3)CC2)c2ccccc21.CN1CC2(CCNCC2)c2ccccc21.O=C(/C=C/c1cc(F)cc(F)c1)N1CCC(C2CO2)CC1. The summed E-state index contributed by atoms with van der Waals surface area (Å²) in [7, 11) is 6.56. The van der Waals surface area contributed by atoms with Crippen molar-refractivity contribution < 1.29 is 46.5 Å². The first-order valence-corrected chi connectivity index (χ1v) is 34.9. The van der Waals surface area contributed by atoms with Crippen molar-refractivity contribution in [2.24, 2.45) is 11.8 Å². The molecule has 2 N–H and O–H groups in total. The summed E-state index contributed by atoms with van der Waals surface area (Å²) >= 11 is 0. The number of fused-ring (bicyclic) bond motifs is 6. The molecule has 9 heterocycles. The number of anilines is 3. The molecule has 14 nitrogen and oxygen atoms in total. The standard InChI is InChI=1S/C29H35F2N3O2.C21H24N2O2.C16H17F2NO2.C13H18N2/c1-32-20-29(25-4-2-3-5-26(25)32)10-14-33(15-11-29)19-27(35)22-8-12-34(13-9-22)28(36)7-6-21-16-23(30)18-24(31)17-21;1-22-16-21(18-9-5-6-10-19(18)22)11-13-23(14-12-21)20(24)25-15-17-7-3-2-4-8-17;17-13-7-11(8-14(18)9-13)1-2-16(20)19-5-3-12(4-6-19)15-10-21-15;1-15-10-13(6-8-14-9-7-13)11-4-2-3-5-12(11)15/h2-7,16-18,22,27,35H,8-15,19-20H2,1H3;2-10H,11-16H2,1H3;1-2,7-9,12,15H,3-6,10H2;2-5,14H,6-10H2,1H3/b7-6+;;2-1+;. The summed E-state index contributed by atoms with van der Waals surface area (Å²) in [5, 5.41) is 14.4. The molecule has 6 saturated heterocycles. The second kappa shape index (κ2) is 30.8. The van der Waals surface area contributed by atoms with E-state index < -0.39 is 29.4 Å². The highest BCUT2D eigenvalue weighted by Crippen LogP contribution is 2.49. The van der Waals surface area contributed by atoms with Crippen LogP contribution in [0.1, 0.15) is 97.6 Å². The maximum atomic E-state index is 13.3. The molecule has 9 aliphatic heterocycles. The zero-order valence-corrected chi connectivity index (χ0v) is 56.4. The fourth-order valence-corrected chi connectivity index (χ4v) is 16.5. The number of carbonyl (C=O) groups is 3. The molecule has 0 aliphatic carbocycles. The van der Waals surface area contributed by atoms with Crippen LogP contribution in [-0.4, -0.2) is 174 Å². The minimum absolute atomic E-state index is 0.116. The number of aliphatic hydroxyl groups is 1. The van der Waals surface area contributed by atoms with Gasteiger partial charge in [0.25, 0.3) is 0 Å².